The van der Waals surface area contributed by atoms with Crippen LogP contribution in [0.15, 0.2) is 10.5 Å². The van der Waals surface area contributed by atoms with Gasteiger partial charge in [0.1, 0.15) is 0 Å². The molecule has 3 nitrogen and oxygen atoms in total. The molecule has 0 saturated carbocycles. The number of hydrogen-bond donors (Lipinski definition) is 0. The number of carbonyl (C=O) groups is 1. The van der Waals surface area contributed by atoms with Crippen molar-refractivity contribution < 1.29 is 14.3 Å². The van der Waals surface area contributed by atoms with Crippen LogP contribution in [0.3, 0.4) is 0 Å². The van der Waals surface area contributed by atoms with Crippen LogP contribution in [0.4, 0.5) is 0 Å². The lowest BCUT2D eigenvalue weighted by Gasteiger charge is -2.12. The van der Waals surface area contributed by atoms with Crippen LogP contribution < -0.4 is 9.47 Å². The van der Waals surface area contributed by atoms with Crippen LogP contribution in [0, 0.1) is 0 Å². The molecule has 0 unspecified atom stereocenters. The van der Waals surface area contributed by atoms with Gasteiger partial charge >= 0.3 is 0 Å². The summed E-state index contributed by atoms with van der Waals surface area (Å²) in [5, 5.41) is 0.324. The molecule has 0 aliphatic carbocycles. The van der Waals surface area contributed by atoms with Crippen molar-refractivity contribution in [3.8, 4) is 11.5 Å². The lowest BCUT2D eigenvalue weighted by molar-refractivity contribution is 0.112. The second kappa shape index (κ2) is 4.66. The van der Waals surface area contributed by atoms with Crippen molar-refractivity contribution >= 4 is 33.8 Å². The lowest BCUT2D eigenvalue weighted by atomic mass is 10.2. The van der Waals surface area contributed by atoms with Gasteiger partial charge < -0.3 is 9.47 Å². The van der Waals surface area contributed by atoms with Crippen molar-refractivity contribution in [3.05, 3.63) is 21.1 Å². The van der Waals surface area contributed by atoms with Crippen molar-refractivity contribution in [1.29, 1.82) is 0 Å². The van der Waals surface area contributed by atoms with Gasteiger partial charge in [0.2, 0.25) is 0 Å². The summed E-state index contributed by atoms with van der Waals surface area (Å²) in [5.74, 6) is 0.792. The van der Waals surface area contributed by atoms with Crippen molar-refractivity contribution in [2.75, 3.05) is 14.2 Å². The average Bonchev–Trinajstić information content (AvgIpc) is 2.16. The zero-order chi connectivity index (χ0) is 10.7. The first-order chi connectivity index (χ1) is 6.65. The Labute approximate surface area is 95.1 Å². The van der Waals surface area contributed by atoms with Crippen LogP contribution in [-0.4, -0.2) is 20.5 Å². The largest absolute Gasteiger partial charge is 0.492 e. The molecule has 5 heteroatoms. The molecule has 0 atom stereocenters. The van der Waals surface area contributed by atoms with Gasteiger partial charge in [-0.15, -0.1) is 0 Å². The van der Waals surface area contributed by atoms with Gasteiger partial charge in [-0.25, -0.2) is 0 Å². The summed E-state index contributed by atoms with van der Waals surface area (Å²) in [6.45, 7) is 0. The molecule has 0 radical (unpaired) electrons. The Morgan fingerprint density at radius 2 is 1.93 bits per heavy atom. The Hall–Kier alpha value is -0.740. The highest BCUT2D eigenvalue weighted by atomic mass is 79.9. The molecule has 0 saturated heterocycles. The van der Waals surface area contributed by atoms with Gasteiger partial charge in [0.25, 0.3) is 0 Å². The van der Waals surface area contributed by atoms with E-state index >= 15 is 0 Å². The van der Waals surface area contributed by atoms with E-state index in [4.69, 9.17) is 21.1 Å². The van der Waals surface area contributed by atoms with Crippen molar-refractivity contribution in [1.82, 2.24) is 0 Å². The predicted octanol–water partition coefficient (Wildman–Crippen LogP) is 2.93. The second-order valence-electron chi connectivity index (χ2n) is 2.44. The minimum absolute atomic E-state index is 0.286. The summed E-state index contributed by atoms with van der Waals surface area (Å²) in [6.07, 6.45) is 0.635. The molecule has 0 N–H and O–H groups in total. The normalized spacial score (nSPS) is 9.71. The summed E-state index contributed by atoms with van der Waals surface area (Å²) in [4.78, 5) is 10.8. The van der Waals surface area contributed by atoms with E-state index in [2.05, 4.69) is 15.9 Å². The monoisotopic (exact) mass is 278 g/mol. The van der Waals surface area contributed by atoms with Crippen LogP contribution in [0.25, 0.3) is 0 Å². The molecule has 0 aromatic heterocycles. The van der Waals surface area contributed by atoms with Crippen LogP contribution in [-0.2, 0) is 0 Å². The Morgan fingerprint density at radius 3 is 2.36 bits per heavy atom. The standard InChI is InChI=1S/C9H8BrClO3/c1-13-8-5(4-12)7(11)3-6(10)9(8)14-2/h3-4H,1-2H3. The topological polar surface area (TPSA) is 35.5 Å². The van der Waals surface area contributed by atoms with Gasteiger partial charge in [-0.05, 0) is 22.0 Å². The average molecular weight is 280 g/mol. The van der Waals surface area contributed by atoms with Gasteiger partial charge in [0.15, 0.2) is 17.8 Å². The van der Waals surface area contributed by atoms with Crippen LogP contribution >= 0.6 is 27.5 Å². The molecular formula is C9H8BrClO3. The summed E-state index contributed by atoms with van der Waals surface area (Å²) < 4.78 is 10.8. The van der Waals surface area contributed by atoms with E-state index in [1.54, 1.807) is 6.07 Å². The summed E-state index contributed by atoms with van der Waals surface area (Å²) >= 11 is 9.10. The van der Waals surface area contributed by atoms with Gasteiger partial charge in [0.05, 0.1) is 29.3 Å². The molecule has 1 aromatic rings. The Morgan fingerprint density at radius 1 is 1.36 bits per heavy atom. The van der Waals surface area contributed by atoms with E-state index < -0.39 is 0 Å². The number of halogens is 2. The number of carbonyl (C=O) groups excluding carboxylic acids is 1. The summed E-state index contributed by atoms with van der Waals surface area (Å²) in [6, 6.07) is 1.59. The SMILES string of the molecule is COc1c(Br)cc(Cl)c(C=O)c1OC. The number of benzene rings is 1. The maximum absolute atomic E-state index is 10.8. The Kier molecular flexibility index (Phi) is 3.77. The van der Waals surface area contributed by atoms with E-state index in [0.29, 0.717) is 27.3 Å². The first-order valence-electron chi connectivity index (χ1n) is 3.70. The number of aldehydes is 1. The Balaban J connectivity index is 3.50. The first kappa shape index (κ1) is 11.3. The lowest BCUT2D eigenvalue weighted by Crippen LogP contribution is -1.97. The number of rotatable bonds is 3. The van der Waals surface area contributed by atoms with Gasteiger partial charge in [0, 0.05) is 0 Å². The smallest absolute Gasteiger partial charge is 0.175 e. The minimum atomic E-state index is 0.286. The number of hydrogen-bond acceptors (Lipinski definition) is 3. The van der Waals surface area contributed by atoms with Gasteiger partial charge in [-0.3, -0.25) is 4.79 Å². The maximum Gasteiger partial charge on any atom is 0.175 e. The van der Waals surface area contributed by atoms with Crippen molar-refractivity contribution in [3.63, 3.8) is 0 Å². The van der Waals surface area contributed by atoms with Crippen molar-refractivity contribution in [2.45, 2.75) is 0 Å². The highest BCUT2D eigenvalue weighted by molar-refractivity contribution is 9.10. The number of ether oxygens (including phenoxy) is 2. The van der Waals surface area contributed by atoms with E-state index in [0.717, 1.165) is 0 Å². The third-order valence-electron chi connectivity index (χ3n) is 1.70. The molecule has 76 valence electrons. The van der Waals surface area contributed by atoms with Crippen molar-refractivity contribution in [2.24, 2.45) is 0 Å². The third-order valence-corrected chi connectivity index (χ3v) is 2.61. The summed E-state index contributed by atoms with van der Waals surface area (Å²) in [7, 11) is 2.94. The molecule has 0 heterocycles. The van der Waals surface area contributed by atoms with Crippen LogP contribution in [0.5, 0.6) is 11.5 Å². The zero-order valence-corrected chi connectivity index (χ0v) is 9.98. The van der Waals surface area contributed by atoms with E-state index in [1.165, 1.54) is 14.2 Å². The van der Waals surface area contributed by atoms with Gasteiger partial charge in [-0.1, -0.05) is 11.6 Å². The molecule has 0 bridgehead atoms. The number of methoxy groups -OCH3 is 2. The predicted molar refractivity (Wildman–Crippen MR) is 57.6 cm³/mol. The fraction of sp³-hybridized carbons (Fsp3) is 0.222. The van der Waals surface area contributed by atoms with E-state index in [-0.39, 0.29) is 5.56 Å². The quantitative estimate of drug-likeness (QED) is 0.798. The zero-order valence-electron chi connectivity index (χ0n) is 7.64. The fourth-order valence-corrected chi connectivity index (χ4v) is 2.04. The molecule has 0 spiro atoms. The molecule has 0 aliphatic rings. The first-order valence-corrected chi connectivity index (χ1v) is 4.88. The maximum atomic E-state index is 10.8. The third kappa shape index (κ3) is 1.86. The minimum Gasteiger partial charge on any atom is -0.492 e. The van der Waals surface area contributed by atoms with Crippen LogP contribution in [0.2, 0.25) is 5.02 Å². The fourth-order valence-electron chi connectivity index (χ4n) is 1.10. The van der Waals surface area contributed by atoms with E-state index in [1.807, 2.05) is 0 Å². The second-order valence-corrected chi connectivity index (χ2v) is 3.70. The molecule has 14 heavy (non-hydrogen) atoms. The molecule has 1 rings (SSSR count). The highest BCUT2D eigenvalue weighted by Gasteiger charge is 2.16. The van der Waals surface area contributed by atoms with E-state index in [9.17, 15) is 4.79 Å². The van der Waals surface area contributed by atoms with Crippen LogP contribution in [0.1, 0.15) is 10.4 Å². The molecule has 1 aromatic carbocycles. The molecule has 0 aliphatic heterocycles. The molecule has 0 fully saturated rings. The molecule has 0 amide bonds. The highest BCUT2D eigenvalue weighted by Crippen LogP contribution is 2.41. The molecular weight excluding hydrogens is 271 g/mol. The Bertz CT molecular complexity index is 366. The summed E-state index contributed by atoms with van der Waals surface area (Å²) in [5.41, 5.74) is 0.286. The van der Waals surface area contributed by atoms with Gasteiger partial charge in [-0.2, -0.15) is 0 Å².